The number of aryl methyl sites for hydroxylation is 1. The molecule has 0 aliphatic carbocycles. The molecule has 1 fully saturated rings. The van der Waals surface area contributed by atoms with Gasteiger partial charge >= 0.3 is 0 Å². The summed E-state index contributed by atoms with van der Waals surface area (Å²) in [6.07, 6.45) is 0.261. The van der Waals surface area contributed by atoms with Gasteiger partial charge in [0, 0.05) is 18.0 Å². The Morgan fingerprint density at radius 3 is 2.62 bits per heavy atom. The number of hydrogen-bond donors (Lipinski definition) is 0. The van der Waals surface area contributed by atoms with Crippen molar-refractivity contribution in [3.63, 3.8) is 0 Å². The molecule has 1 unspecified atom stereocenters. The zero-order valence-electron chi connectivity index (χ0n) is 14.6. The zero-order valence-corrected chi connectivity index (χ0v) is 17.0. The lowest BCUT2D eigenvalue weighted by Crippen LogP contribution is -2.33. The molecule has 0 saturated carbocycles. The topological polar surface area (TPSA) is 80.8 Å². The molecular formula is C17H21NO5S3. The Bertz CT molecular complexity index is 981. The number of sulfone groups is 1. The van der Waals surface area contributed by atoms with Crippen LogP contribution in [0.1, 0.15) is 22.1 Å². The first kappa shape index (κ1) is 19.3. The molecule has 1 saturated heterocycles. The van der Waals surface area contributed by atoms with Crippen LogP contribution in [0.4, 0.5) is 0 Å². The Labute approximate surface area is 158 Å². The fourth-order valence-electron chi connectivity index (χ4n) is 3.12. The molecule has 142 valence electrons. The highest BCUT2D eigenvalue weighted by atomic mass is 32.2. The molecule has 1 aromatic carbocycles. The summed E-state index contributed by atoms with van der Waals surface area (Å²) < 4.78 is 57.7. The van der Waals surface area contributed by atoms with E-state index in [0.717, 1.165) is 4.88 Å². The minimum absolute atomic E-state index is 0.0301. The quantitative estimate of drug-likeness (QED) is 0.767. The van der Waals surface area contributed by atoms with E-state index in [0.29, 0.717) is 11.3 Å². The van der Waals surface area contributed by atoms with Gasteiger partial charge in [0.1, 0.15) is 5.75 Å². The van der Waals surface area contributed by atoms with Crippen LogP contribution in [0.2, 0.25) is 0 Å². The molecule has 1 aliphatic rings. The molecule has 1 aliphatic heterocycles. The lowest BCUT2D eigenvalue weighted by atomic mass is 10.2. The van der Waals surface area contributed by atoms with E-state index >= 15 is 0 Å². The second-order valence-corrected chi connectivity index (χ2v) is 11.4. The maximum atomic E-state index is 13.0. The molecule has 6 nitrogen and oxygen atoms in total. The number of benzene rings is 1. The SMILES string of the molecule is COc1ccc(S(=O)(=O)N2CCC(c3cccs3)S(=O)(=O)CC2)cc1C. The van der Waals surface area contributed by atoms with Gasteiger partial charge in [0.15, 0.2) is 9.84 Å². The summed E-state index contributed by atoms with van der Waals surface area (Å²) >= 11 is 1.39. The van der Waals surface area contributed by atoms with Crippen LogP contribution in [-0.4, -0.2) is 47.1 Å². The van der Waals surface area contributed by atoms with E-state index in [9.17, 15) is 16.8 Å². The van der Waals surface area contributed by atoms with Gasteiger partial charge in [0.2, 0.25) is 10.0 Å². The number of thiophene rings is 1. The predicted molar refractivity (Wildman–Crippen MR) is 102 cm³/mol. The molecule has 1 atom stereocenters. The highest BCUT2D eigenvalue weighted by Crippen LogP contribution is 2.34. The van der Waals surface area contributed by atoms with Gasteiger partial charge in [-0.2, -0.15) is 4.31 Å². The van der Waals surface area contributed by atoms with Crippen LogP contribution in [0.3, 0.4) is 0 Å². The minimum atomic E-state index is -3.76. The van der Waals surface area contributed by atoms with E-state index in [1.54, 1.807) is 25.1 Å². The van der Waals surface area contributed by atoms with Crippen molar-refractivity contribution in [2.24, 2.45) is 0 Å². The third kappa shape index (κ3) is 3.66. The lowest BCUT2D eigenvalue weighted by Gasteiger charge is -2.20. The van der Waals surface area contributed by atoms with Crippen LogP contribution in [-0.2, 0) is 19.9 Å². The molecule has 26 heavy (non-hydrogen) atoms. The van der Waals surface area contributed by atoms with Gasteiger partial charge in [-0.1, -0.05) is 6.07 Å². The fourth-order valence-corrected chi connectivity index (χ4v) is 7.78. The second-order valence-electron chi connectivity index (χ2n) is 6.20. The normalized spacial score (nSPS) is 21.2. The molecule has 2 heterocycles. The van der Waals surface area contributed by atoms with Crippen molar-refractivity contribution in [1.82, 2.24) is 4.31 Å². The lowest BCUT2D eigenvalue weighted by molar-refractivity contribution is 0.410. The molecule has 2 aromatic rings. The third-order valence-corrected chi connectivity index (χ3v) is 9.70. The molecule has 0 radical (unpaired) electrons. The Hall–Kier alpha value is -1.42. The molecule has 3 rings (SSSR count). The van der Waals surface area contributed by atoms with Crippen molar-refractivity contribution in [3.05, 3.63) is 46.2 Å². The van der Waals surface area contributed by atoms with Crippen LogP contribution in [0, 0.1) is 6.92 Å². The van der Waals surface area contributed by atoms with Gasteiger partial charge in [0.05, 0.1) is 23.0 Å². The predicted octanol–water partition coefficient (Wildman–Crippen LogP) is 2.62. The number of sulfonamides is 1. The second kappa shape index (κ2) is 7.30. The first-order valence-electron chi connectivity index (χ1n) is 8.15. The van der Waals surface area contributed by atoms with Crippen LogP contribution < -0.4 is 4.74 Å². The molecule has 1 aromatic heterocycles. The van der Waals surface area contributed by atoms with Crippen LogP contribution in [0.25, 0.3) is 0 Å². The number of nitrogens with zero attached hydrogens (tertiary/aromatic N) is 1. The van der Waals surface area contributed by atoms with E-state index in [1.807, 2.05) is 11.4 Å². The standard InChI is InChI=1S/C17H21NO5S3/c1-13-12-14(5-6-15(13)23-2)26(21,22)18-8-7-17(16-4-3-10-24-16)25(19,20)11-9-18/h3-6,10,12,17H,7-9,11H2,1-2H3. The summed E-state index contributed by atoms with van der Waals surface area (Å²) in [7, 11) is -5.62. The Morgan fingerprint density at radius 2 is 2.00 bits per heavy atom. The van der Waals surface area contributed by atoms with E-state index in [2.05, 4.69) is 0 Å². The molecule has 0 spiro atoms. The average Bonchev–Trinajstić information content (AvgIpc) is 3.05. The van der Waals surface area contributed by atoms with Crippen molar-refractivity contribution in [1.29, 1.82) is 0 Å². The molecule has 0 bridgehead atoms. The minimum Gasteiger partial charge on any atom is -0.496 e. The summed E-state index contributed by atoms with van der Waals surface area (Å²) in [5, 5.41) is 1.20. The van der Waals surface area contributed by atoms with Crippen molar-refractivity contribution >= 4 is 31.2 Å². The Kier molecular flexibility index (Phi) is 5.43. The molecule has 0 N–H and O–H groups in total. The summed E-state index contributed by atoms with van der Waals surface area (Å²) in [4.78, 5) is 0.923. The van der Waals surface area contributed by atoms with Crippen molar-refractivity contribution < 1.29 is 21.6 Å². The van der Waals surface area contributed by atoms with E-state index in [4.69, 9.17) is 4.74 Å². The Morgan fingerprint density at radius 1 is 1.23 bits per heavy atom. The van der Waals surface area contributed by atoms with Gasteiger partial charge in [-0.25, -0.2) is 16.8 Å². The number of ether oxygens (including phenoxy) is 1. The van der Waals surface area contributed by atoms with Gasteiger partial charge in [-0.3, -0.25) is 0 Å². The average molecular weight is 416 g/mol. The van der Waals surface area contributed by atoms with E-state index in [1.165, 1.54) is 28.8 Å². The molecule has 0 amide bonds. The monoisotopic (exact) mass is 415 g/mol. The van der Waals surface area contributed by atoms with Crippen molar-refractivity contribution in [2.75, 3.05) is 26.0 Å². The van der Waals surface area contributed by atoms with Crippen molar-refractivity contribution in [3.8, 4) is 5.75 Å². The number of rotatable bonds is 4. The van der Waals surface area contributed by atoms with Crippen LogP contribution >= 0.6 is 11.3 Å². The summed E-state index contributed by atoms with van der Waals surface area (Å²) in [5.74, 6) is 0.435. The highest BCUT2D eigenvalue weighted by Gasteiger charge is 2.36. The fraction of sp³-hybridized carbons (Fsp3) is 0.412. The molecular weight excluding hydrogens is 394 g/mol. The Balaban J connectivity index is 1.89. The van der Waals surface area contributed by atoms with E-state index in [-0.39, 0.29) is 30.2 Å². The maximum absolute atomic E-state index is 13.0. The van der Waals surface area contributed by atoms with E-state index < -0.39 is 25.1 Å². The van der Waals surface area contributed by atoms with Gasteiger partial charge in [0.25, 0.3) is 0 Å². The summed E-state index contributed by atoms with van der Waals surface area (Å²) in [6, 6.07) is 8.28. The largest absolute Gasteiger partial charge is 0.496 e. The first-order valence-corrected chi connectivity index (χ1v) is 12.2. The van der Waals surface area contributed by atoms with Gasteiger partial charge in [-0.05, 0) is 48.6 Å². The van der Waals surface area contributed by atoms with Crippen molar-refractivity contribution in [2.45, 2.75) is 23.5 Å². The zero-order chi connectivity index (χ0) is 18.9. The highest BCUT2D eigenvalue weighted by molar-refractivity contribution is 7.92. The maximum Gasteiger partial charge on any atom is 0.243 e. The summed E-state index contributed by atoms with van der Waals surface area (Å²) in [5.41, 5.74) is 0.715. The number of hydrogen-bond acceptors (Lipinski definition) is 6. The first-order chi connectivity index (χ1) is 12.3. The molecule has 9 heteroatoms. The smallest absolute Gasteiger partial charge is 0.243 e. The van der Waals surface area contributed by atoms with Gasteiger partial charge in [-0.15, -0.1) is 11.3 Å². The number of methoxy groups -OCH3 is 1. The summed E-state index contributed by atoms with van der Waals surface area (Å²) in [6.45, 7) is 1.92. The van der Waals surface area contributed by atoms with Crippen LogP contribution in [0.15, 0.2) is 40.6 Å². The third-order valence-electron chi connectivity index (χ3n) is 4.56. The van der Waals surface area contributed by atoms with Gasteiger partial charge < -0.3 is 4.74 Å². The van der Waals surface area contributed by atoms with Crippen LogP contribution in [0.5, 0.6) is 5.75 Å².